The molecule has 170 valence electrons. The van der Waals surface area contributed by atoms with Crippen molar-refractivity contribution in [1.29, 1.82) is 0 Å². The Hall–Kier alpha value is -2.38. The lowest BCUT2D eigenvalue weighted by Crippen LogP contribution is -2.31. The number of likely N-dealkylation sites (tertiary alicyclic amines) is 1. The van der Waals surface area contributed by atoms with Gasteiger partial charge in [0.1, 0.15) is 11.2 Å². The maximum Gasteiger partial charge on any atom is 0.335 e. The van der Waals surface area contributed by atoms with E-state index >= 15 is 0 Å². The molecule has 2 aliphatic rings. The fourth-order valence-corrected chi connectivity index (χ4v) is 5.92. The molecule has 32 heavy (non-hydrogen) atoms. The number of amides is 1. The Labute approximate surface area is 192 Å². The van der Waals surface area contributed by atoms with Crippen molar-refractivity contribution < 1.29 is 19.1 Å². The molecule has 2 aliphatic heterocycles. The van der Waals surface area contributed by atoms with Crippen molar-refractivity contribution in [3.05, 3.63) is 64.5 Å². The third-order valence-electron chi connectivity index (χ3n) is 6.43. The molecule has 1 atom stereocenters. The van der Waals surface area contributed by atoms with Gasteiger partial charge in [0.15, 0.2) is 0 Å². The molecule has 0 radical (unpaired) electrons. The number of piperidine rings is 1. The van der Waals surface area contributed by atoms with E-state index in [1.165, 1.54) is 43.2 Å². The maximum absolute atomic E-state index is 13.4. The molecule has 7 heteroatoms. The van der Waals surface area contributed by atoms with Crippen molar-refractivity contribution >= 4 is 29.3 Å². The number of carbonyl (C=O) groups is 2. The molecular weight excluding hydrogens is 427 g/mol. The van der Waals surface area contributed by atoms with E-state index in [0.29, 0.717) is 17.7 Å². The lowest BCUT2D eigenvalue weighted by atomic mass is 9.95. The number of benzene rings is 2. The van der Waals surface area contributed by atoms with Crippen molar-refractivity contribution in [2.75, 3.05) is 30.3 Å². The first-order chi connectivity index (χ1) is 15.5. The van der Waals surface area contributed by atoms with Gasteiger partial charge < -0.3 is 10.0 Å². The van der Waals surface area contributed by atoms with Gasteiger partial charge in [-0.2, -0.15) is 0 Å². The Balaban J connectivity index is 1.61. The van der Waals surface area contributed by atoms with Gasteiger partial charge in [0, 0.05) is 5.69 Å². The summed E-state index contributed by atoms with van der Waals surface area (Å²) in [5.74, 6) is -0.931. The zero-order valence-electron chi connectivity index (χ0n) is 18.3. The second-order valence-electron chi connectivity index (χ2n) is 8.53. The van der Waals surface area contributed by atoms with Gasteiger partial charge in [-0.15, -0.1) is 11.8 Å². The molecule has 1 unspecified atom stereocenters. The highest BCUT2D eigenvalue weighted by Crippen LogP contribution is 2.43. The summed E-state index contributed by atoms with van der Waals surface area (Å²) in [5, 5.41) is 9.52. The number of carbonyl (C=O) groups excluding carboxylic acids is 1. The zero-order valence-corrected chi connectivity index (χ0v) is 19.2. The van der Waals surface area contributed by atoms with Crippen molar-refractivity contribution in [3.8, 4) is 0 Å². The molecule has 1 N–H and O–H groups in total. The Kier molecular flexibility index (Phi) is 7.16. The number of rotatable bonds is 7. The first kappa shape index (κ1) is 22.8. The molecule has 2 saturated heterocycles. The van der Waals surface area contributed by atoms with Crippen LogP contribution >= 0.6 is 11.8 Å². The van der Waals surface area contributed by atoms with E-state index in [0.717, 1.165) is 48.4 Å². The largest absolute Gasteiger partial charge is 0.478 e. The fourth-order valence-electron chi connectivity index (χ4n) is 4.75. The minimum atomic E-state index is -0.940. The molecule has 4 rings (SSSR count). The lowest BCUT2D eigenvalue weighted by Gasteiger charge is -2.28. The van der Waals surface area contributed by atoms with Crippen LogP contribution in [0, 0.1) is 12.7 Å². The summed E-state index contributed by atoms with van der Waals surface area (Å²) in [4.78, 5) is 29.0. The van der Waals surface area contributed by atoms with E-state index in [1.54, 1.807) is 29.2 Å². The summed E-state index contributed by atoms with van der Waals surface area (Å²) >= 11 is 1.51. The van der Waals surface area contributed by atoms with Gasteiger partial charge in [0.05, 0.1) is 11.3 Å². The highest BCUT2D eigenvalue weighted by atomic mass is 32.2. The van der Waals surface area contributed by atoms with Crippen LogP contribution < -0.4 is 4.90 Å². The van der Waals surface area contributed by atoms with Crippen molar-refractivity contribution in [3.63, 3.8) is 0 Å². The van der Waals surface area contributed by atoms with E-state index in [1.807, 2.05) is 6.92 Å². The quantitative estimate of drug-likeness (QED) is 0.633. The third kappa shape index (κ3) is 4.84. The molecule has 0 saturated carbocycles. The standard InChI is InChI=1S/C25H29FN2O3S/c1-17-20(6-5-15-27-13-3-2-4-14-27)21(25(30)31)11-12-22(17)28-23(29)16-32-24(28)18-7-9-19(26)10-8-18/h7-12,24H,2-6,13-16H2,1H3,(H,30,31). The highest BCUT2D eigenvalue weighted by molar-refractivity contribution is 8.00. The van der Waals surface area contributed by atoms with Gasteiger partial charge in [-0.05, 0) is 93.2 Å². The number of carboxylic acids is 1. The topological polar surface area (TPSA) is 60.9 Å². The van der Waals surface area contributed by atoms with Crippen LogP contribution in [0.1, 0.15) is 58.1 Å². The van der Waals surface area contributed by atoms with E-state index in [4.69, 9.17) is 0 Å². The summed E-state index contributed by atoms with van der Waals surface area (Å²) in [7, 11) is 0. The summed E-state index contributed by atoms with van der Waals surface area (Å²) in [5.41, 5.74) is 3.55. The Bertz CT molecular complexity index is 989. The van der Waals surface area contributed by atoms with Gasteiger partial charge in [-0.3, -0.25) is 9.69 Å². The van der Waals surface area contributed by atoms with Gasteiger partial charge in [-0.1, -0.05) is 18.6 Å². The van der Waals surface area contributed by atoms with Gasteiger partial charge >= 0.3 is 5.97 Å². The molecule has 0 spiro atoms. The minimum Gasteiger partial charge on any atom is -0.478 e. The first-order valence-corrected chi connectivity index (χ1v) is 12.3. The first-order valence-electron chi connectivity index (χ1n) is 11.2. The van der Waals surface area contributed by atoms with Gasteiger partial charge in [-0.25, -0.2) is 9.18 Å². The molecule has 1 amide bonds. The average Bonchev–Trinajstić information content (AvgIpc) is 3.17. The normalized spacial score (nSPS) is 19.5. The molecule has 2 aromatic rings. The maximum atomic E-state index is 13.4. The zero-order chi connectivity index (χ0) is 22.7. The molecule has 0 aliphatic carbocycles. The van der Waals surface area contributed by atoms with E-state index in [-0.39, 0.29) is 17.1 Å². The second-order valence-corrected chi connectivity index (χ2v) is 9.59. The van der Waals surface area contributed by atoms with Gasteiger partial charge in [0.2, 0.25) is 5.91 Å². The Morgan fingerprint density at radius 2 is 1.84 bits per heavy atom. The second kappa shape index (κ2) is 10.0. The molecule has 2 fully saturated rings. The van der Waals surface area contributed by atoms with Crippen LogP contribution in [0.15, 0.2) is 36.4 Å². The summed E-state index contributed by atoms with van der Waals surface area (Å²) in [6.07, 6.45) is 5.30. The molecule has 2 heterocycles. The van der Waals surface area contributed by atoms with E-state index in [2.05, 4.69) is 4.90 Å². The molecule has 5 nitrogen and oxygen atoms in total. The van der Waals surface area contributed by atoms with E-state index < -0.39 is 5.97 Å². The number of halogens is 1. The van der Waals surface area contributed by atoms with Crippen LogP contribution in [0.4, 0.5) is 10.1 Å². The number of hydrogen-bond acceptors (Lipinski definition) is 4. The van der Waals surface area contributed by atoms with Gasteiger partial charge in [0.25, 0.3) is 0 Å². The predicted octanol–water partition coefficient (Wildman–Crippen LogP) is 5.03. The summed E-state index contributed by atoms with van der Waals surface area (Å²) in [6, 6.07) is 9.59. The van der Waals surface area contributed by atoms with Crippen LogP contribution in [0.5, 0.6) is 0 Å². The fraction of sp³-hybridized carbons (Fsp3) is 0.440. The molecule has 0 aromatic heterocycles. The van der Waals surface area contributed by atoms with E-state index in [9.17, 15) is 19.1 Å². The number of anilines is 1. The van der Waals surface area contributed by atoms with Crippen molar-refractivity contribution in [1.82, 2.24) is 4.90 Å². The SMILES string of the molecule is Cc1c(N2C(=O)CSC2c2ccc(F)cc2)ccc(C(=O)O)c1CCCN1CCCCC1. The number of thioether (sulfide) groups is 1. The number of hydrogen-bond donors (Lipinski definition) is 1. The molecule has 2 aromatic carbocycles. The van der Waals surface area contributed by atoms with Crippen LogP contribution in [0.2, 0.25) is 0 Å². The lowest BCUT2D eigenvalue weighted by molar-refractivity contribution is -0.115. The van der Waals surface area contributed by atoms with Crippen LogP contribution in [0.25, 0.3) is 0 Å². The van der Waals surface area contributed by atoms with Crippen LogP contribution in [-0.4, -0.2) is 47.3 Å². The third-order valence-corrected chi connectivity index (χ3v) is 7.64. The smallest absolute Gasteiger partial charge is 0.335 e. The number of carboxylic acid groups (broad SMARTS) is 1. The predicted molar refractivity (Wildman–Crippen MR) is 126 cm³/mol. The number of aromatic carboxylic acids is 1. The van der Waals surface area contributed by atoms with Crippen LogP contribution in [-0.2, 0) is 11.2 Å². The van der Waals surface area contributed by atoms with Crippen LogP contribution in [0.3, 0.4) is 0 Å². The monoisotopic (exact) mass is 456 g/mol. The summed E-state index contributed by atoms with van der Waals surface area (Å²) < 4.78 is 13.4. The highest BCUT2D eigenvalue weighted by Gasteiger charge is 2.35. The minimum absolute atomic E-state index is 0.0187. The average molecular weight is 457 g/mol. The number of nitrogens with zero attached hydrogens (tertiary/aromatic N) is 2. The molecule has 0 bridgehead atoms. The summed E-state index contributed by atoms with van der Waals surface area (Å²) in [6.45, 7) is 5.10. The Morgan fingerprint density at radius 3 is 2.53 bits per heavy atom. The Morgan fingerprint density at radius 1 is 1.12 bits per heavy atom. The van der Waals surface area contributed by atoms with Crippen molar-refractivity contribution in [2.24, 2.45) is 0 Å². The van der Waals surface area contributed by atoms with Crippen molar-refractivity contribution in [2.45, 2.75) is 44.4 Å². The molecular formula is C25H29FN2O3S.